The van der Waals surface area contributed by atoms with E-state index in [1.54, 1.807) is 41.3 Å². The van der Waals surface area contributed by atoms with Crippen molar-refractivity contribution in [3.8, 4) is 17.8 Å². The molecule has 0 radical (unpaired) electrons. The number of rotatable bonds is 14. The number of piperidine rings is 1. The van der Waals surface area contributed by atoms with E-state index in [9.17, 15) is 29.2 Å². The van der Waals surface area contributed by atoms with E-state index in [1.165, 1.54) is 4.90 Å². The van der Waals surface area contributed by atoms with Crippen molar-refractivity contribution in [2.75, 3.05) is 68.1 Å². The van der Waals surface area contributed by atoms with Crippen molar-refractivity contribution in [3.63, 3.8) is 0 Å². The largest absolute Gasteiger partial charge is 0.486 e. The van der Waals surface area contributed by atoms with Gasteiger partial charge in [-0.05, 0) is 86.1 Å². The molecule has 5 aliphatic rings. The van der Waals surface area contributed by atoms with Gasteiger partial charge < -0.3 is 44.6 Å². The normalized spacial score (nSPS) is 19.7. The Morgan fingerprint density at radius 3 is 2.51 bits per heavy atom. The van der Waals surface area contributed by atoms with Gasteiger partial charge in [0.1, 0.15) is 36.5 Å². The third kappa shape index (κ3) is 10.4. The molecule has 0 bridgehead atoms. The number of urea groups is 1. The number of carbonyl (C=O) groups is 5. The maximum atomic E-state index is 14.2. The predicted octanol–water partition coefficient (Wildman–Crippen LogP) is 6.62. The van der Waals surface area contributed by atoms with Crippen LogP contribution in [0.3, 0.4) is 0 Å². The van der Waals surface area contributed by atoms with Crippen molar-refractivity contribution in [1.82, 2.24) is 35.3 Å². The molecule has 10 rings (SSSR count). The van der Waals surface area contributed by atoms with Gasteiger partial charge >= 0.3 is 12.0 Å². The number of likely N-dealkylation sites (tertiary alicyclic amines) is 1. The minimum absolute atomic E-state index is 0.0680. The summed E-state index contributed by atoms with van der Waals surface area (Å²) in [6.45, 7) is 7.90. The van der Waals surface area contributed by atoms with Crippen molar-refractivity contribution in [3.05, 3.63) is 123 Å². The predicted molar refractivity (Wildman–Crippen MR) is 279 cm³/mol. The summed E-state index contributed by atoms with van der Waals surface area (Å²) in [6.07, 6.45) is 3.27. The third-order valence-electron chi connectivity index (χ3n) is 14.6. The van der Waals surface area contributed by atoms with Crippen molar-refractivity contribution in [1.29, 1.82) is 5.26 Å². The maximum absolute atomic E-state index is 14.2. The molecule has 3 N–H and O–H groups in total. The Balaban J connectivity index is 0.786. The molecule has 18 nitrogen and oxygen atoms in total. The Morgan fingerprint density at radius 1 is 0.905 bits per heavy atom. The number of aromatic nitrogens is 2. The molecule has 4 aromatic carbocycles. The van der Waals surface area contributed by atoms with Gasteiger partial charge in [0.05, 0.1) is 40.8 Å². The second-order valence-electron chi connectivity index (χ2n) is 19.3. The first-order valence-corrected chi connectivity index (χ1v) is 25.6. The van der Waals surface area contributed by atoms with E-state index < -0.39 is 24.0 Å². The molecule has 6 heterocycles. The zero-order valence-corrected chi connectivity index (χ0v) is 42.4. The molecule has 3 fully saturated rings. The summed E-state index contributed by atoms with van der Waals surface area (Å²) < 4.78 is 12.5. The summed E-state index contributed by atoms with van der Waals surface area (Å²) in [5.41, 5.74) is 5.09. The van der Waals surface area contributed by atoms with E-state index in [2.05, 4.69) is 68.5 Å². The molecule has 6 amide bonds. The molecule has 0 saturated carbocycles. The molecule has 5 aromatic rings. The Bertz CT molecular complexity index is 3120. The summed E-state index contributed by atoms with van der Waals surface area (Å²) in [4.78, 5) is 84.8. The van der Waals surface area contributed by atoms with Crippen LogP contribution in [0.2, 0.25) is 10.0 Å². The Hall–Kier alpha value is -7.46. The number of likely N-dealkylation sites (N-methyl/N-ethyl adjacent to an activating group) is 1. The number of carbonyl (C=O) groups excluding carboxylic acids is 5. The van der Waals surface area contributed by atoms with Crippen LogP contribution in [0.25, 0.3) is 10.8 Å². The van der Waals surface area contributed by atoms with Crippen LogP contribution < -0.4 is 35.2 Å². The molecule has 0 spiro atoms. The number of nitriles is 1. The monoisotopic (exact) mass is 1040 g/mol. The SMILES string of the molecule is C=C(COc1cccc(Cl)c1NC(=O)NCc1ccc2c(c1)CN(C1CCC(=O)NC1=O)C2=O)C(=O)N1CCN(c2nc(OC[C@@H]3CCCN3C)nc3c2CCN(c2cccc4cccc(Cl)c24)C3)C[C@@H]1CC#N. The van der Waals surface area contributed by atoms with Gasteiger partial charge in [-0.3, -0.25) is 24.5 Å². The van der Waals surface area contributed by atoms with Crippen LogP contribution in [0.1, 0.15) is 64.8 Å². The van der Waals surface area contributed by atoms with Crippen molar-refractivity contribution in [2.45, 2.75) is 76.3 Å². The van der Waals surface area contributed by atoms with Gasteiger partial charge in [0.15, 0.2) is 0 Å². The molecule has 5 aliphatic heterocycles. The zero-order chi connectivity index (χ0) is 51.6. The highest BCUT2D eigenvalue weighted by atomic mass is 35.5. The molecule has 20 heteroatoms. The van der Waals surface area contributed by atoms with E-state index in [0.717, 1.165) is 52.9 Å². The van der Waals surface area contributed by atoms with Crippen LogP contribution in [0.4, 0.5) is 22.0 Å². The minimum atomic E-state index is -0.735. The highest BCUT2D eigenvalue weighted by Gasteiger charge is 2.40. The highest BCUT2D eigenvalue weighted by molar-refractivity contribution is 6.36. The average Bonchev–Trinajstić information content (AvgIpc) is 3.97. The standard InChI is InChI=1S/C54H55Cl2N11O7/c1-32(30-73-45-13-5-11-41(56)48(45)61-53(72)58-26-33-14-15-38-35(25-33)27-67(52(38)71)44-16-17-46(68)60-50(44)69)51(70)66-24-23-65(28-36(66)18-20-57)49-39-19-22-64(43-12-4-8-34-7-3-10-40(55)47(34)43)29-42(39)59-54(62-49)74-31-37-9-6-21-63(37)2/h3-5,7-8,10-15,25,36-37,44H,1,6,9,16-19,21-24,26-31H2,2H3,(H2,58,61,72)(H,60,68,69)/t36-,37-,44?/m0/s1. The number of piperazine rings is 1. The first kappa shape index (κ1) is 50.1. The number of para-hydroxylation sites is 1. The van der Waals surface area contributed by atoms with Gasteiger partial charge in [-0.15, -0.1) is 0 Å². The second-order valence-corrected chi connectivity index (χ2v) is 20.1. The number of benzene rings is 4. The lowest BCUT2D eigenvalue weighted by Crippen LogP contribution is -2.56. The van der Waals surface area contributed by atoms with E-state index in [1.807, 2.05) is 18.2 Å². The fourth-order valence-corrected chi connectivity index (χ4v) is 11.2. The molecule has 3 atom stereocenters. The van der Waals surface area contributed by atoms with Gasteiger partial charge in [-0.1, -0.05) is 72.2 Å². The lowest BCUT2D eigenvalue weighted by atomic mass is 10.0. The van der Waals surface area contributed by atoms with E-state index >= 15 is 0 Å². The summed E-state index contributed by atoms with van der Waals surface area (Å²) in [6, 6.07) is 23.2. The number of imide groups is 1. The first-order chi connectivity index (χ1) is 35.8. The summed E-state index contributed by atoms with van der Waals surface area (Å²) in [5.74, 6) is -0.553. The summed E-state index contributed by atoms with van der Waals surface area (Å²) in [5, 5.41) is 20.9. The van der Waals surface area contributed by atoms with Gasteiger partial charge in [0.25, 0.3) is 11.8 Å². The Morgan fingerprint density at radius 2 is 1.72 bits per heavy atom. The van der Waals surface area contributed by atoms with Crippen LogP contribution in [-0.4, -0.2) is 125 Å². The summed E-state index contributed by atoms with van der Waals surface area (Å²) >= 11 is 13.4. The number of hydrogen-bond acceptors (Lipinski definition) is 13. The highest BCUT2D eigenvalue weighted by Crippen LogP contribution is 2.38. The molecule has 382 valence electrons. The molecule has 0 aliphatic carbocycles. The topological polar surface area (TPSA) is 206 Å². The average molecular weight is 1040 g/mol. The van der Waals surface area contributed by atoms with Crippen molar-refractivity contribution < 1.29 is 33.4 Å². The maximum Gasteiger partial charge on any atom is 0.319 e. The molecular weight excluding hydrogens is 986 g/mol. The van der Waals surface area contributed by atoms with E-state index in [0.29, 0.717) is 66.9 Å². The van der Waals surface area contributed by atoms with Crippen LogP contribution in [0.5, 0.6) is 11.8 Å². The van der Waals surface area contributed by atoms with E-state index in [-0.39, 0.29) is 91.3 Å². The van der Waals surface area contributed by atoms with Crippen LogP contribution in [0.15, 0.2) is 84.9 Å². The number of ether oxygens (including phenoxy) is 2. The second kappa shape index (κ2) is 21.6. The Labute approximate surface area is 438 Å². The number of nitrogens with zero attached hydrogens (tertiary/aromatic N) is 8. The number of hydrogen-bond donors (Lipinski definition) is 3. The van der Waals surface area contributed by atoms with Crippen molar-refractivity contribution in [2.24, 2.45) is 0 Å². The van der Waals surface area contributed by atoms with Gasteiger partial charge in [0.2, 0.25) is 11.8 Å². The van der Waals surface area contributed by atoms with Gasteiger partial charge in [0, 0.05) is 79.5 Å². The van der Waals surface area contributed by atoms with Crippen LogP contribution in [0, 0.1) is 11.3 Å². The van der Waals surface area contributed by atoms with Crippen LogP contribution >= 0.6 is 23.2 Å². The van der Waals surface area contributed by atoms with Gasteiger partial charge in [-0.25, -0.2) is 4.79 Å². The fourth-order valence-electron chi connectivity index (χ4n) is 10.7. The molecule has 74 heavy (non-hydrogen) atoms. The number of amides is 6. The van der Waals surface area contributed by atoms with E-state index in [4.69, 9.17) is 42.6 Å². The van der Waals surface area contributed by atoms with Gasteiger partial charge in [-0.2, -0.15) is 15.2 Å². The number of fused-ring (bicyclic) bond motifs is 3. The fraction of sp³-hybridized carbons (Fsp3) is 0.370. The zero-order valence-electron chi connectivity index (χ0n) is 40.9. The summed E-state index contributed by atoms with van der Waals surface area (Å²) in [7, 11) is 2.10. The first-order valence-electron chi connectivity index (χ1n) is 24.8. The Kier molecular flexibility index (Phi) is 14.6. The molecule has 1 unspecified atom stereocenters. The lowest BCUT2D eigenvalue weighted by Gasteiger charge is -2.42. The molecular formula is C54H55Cl2N11O7. The lowest BCUT2D eigenvalue weighted by molar-refractivity contribution is -0.137. The number of halogens is 2. The van der Waals surface area contributed by atoms with Crippen LogP contribution in [-0.2, 0) is 40.4 Å². The molecule has 1 aromatic heterocycles. The number of nitrogens with one attached hydrogen (secondary N) is 3. The quantitative estimate of drug-likeness (QED) is 0.0791. The number of anilines is 3. The smallest absolute Gasteiger partial charge is 0.319 e. The minimum Gasteiger partial charge on any atom is -0.486 e. The molecule has 3 saturated heterocycles. The third-order valence-corrected chi connectivity index (χ3v) is 15.2. The van der Waals surface area contributed by atoms with Crippen molar-refractivity contribution >= 4 is 80.8 Å².